The summed E-state index contributed by atoms with van der Waals surface area (Å²) in [6.07, 6.45) is 52.9. The first kappa shape index (κ1) is 53.2. The molecule has 0 saturated carbocycles. The van der Waals surface area contributed by atoms with Crippen LogP contribution in [0.3, 0.4) is 0 Å². The number of rotatable bonds is 43. The first-order chi connectivity index (χ1) is 24.2. The first-order valence-electron chi connectivity index (χ1n) is 23.1. The van der Waals surface area contributed by atoms with Gasteiger partial charge in [-0.3, -0.25) is 0 Å². The number of aliphatic carboxylic acids is 1. The predicted octanol–water partition coefficient (Wildman–Crippen LogP) is 11.7. The molecule has 0 radical (unpaired) electrons. The molecule has 0 spiro atoms. The first-order valence-corrected chi connectivity index (χ1v) is 23.1. The number of carbonyl (C=O) groups is 1. The van der Waals surface area contributed by atoms with Crippen molar-refractivity contribution in [3.05, 3.63) is 0 Å². The third kappa shape index (κ3) is 41.8. The predicted molar refractivity (Wildman–Crippen MR) is 217 cm³/mol. The quantitative estimate of drug-likeness (QED) is 0.0464. The van der Waals surface area contributed by atoms with Crippen LogP contribution in [-0.2, 0) is 4.79 Å². The van der Waals surface area contributed by atoms with Gasteiger partial charge in [0.25, 0.3) is 0 Å². The van der Waals surface area contributed by atoms with E-state index in [0.717, 1.165) is 25.9 Å². The maximum atomic E-state index is 11.2. The summed E-state index contributed by atoms with van der Waals surface area (Å²) in [6, 6.07) is 0.398. The van der Waals surface area contributed by atoms with Crippen molar-refractivity contribution < 1.29 is 61.3 Å². The van der Waals surface area contributed by atoms with Gasteiger partial charge in [0.2, 0.25) is 0 Å². The zero-order valence-corrected chi connectivity index (χ0v) is 38.5. The van der Waals surface area contributed by atoms with E-state index >= 15 is 0 Å². The topological polar surface area (TPSA) is 43.4 Å². The van der Waals surface area contributed by atoms with E-state index in [1.165, 1.54) is 231 Å². The number of unbranched alkanes of at least 4 members (excludes halogenated alkanes) is 34. The third-order valence-electron chi connectivity index (χ3n) is 11.3. The molecule has 0 aromatic rings. The van der Waals surface area contributed by atoms with Crippen molar-refractivity contribution in [2.45, 2.75) is 277 Å². The molecule has 0 aromatic heterocycles. The Bertz CT molecular complexity index is 589. The standard InChI is InChI=1S/C46H93NO2.K/c1-4-7-9-11-13-15-17-19-21-23-25-27-29-31-33-35-37-39-43-47(45(6-3)41-42-46(48)49)44-40-38-36-34-32-30-28-26-24-22-20-18-16-14-12-10-8-5-2;/h45H,4-44H2,1-3H3,(H,48,49);/q;+1/p-1. The molecule has 0 aliphatic carbocycles. The van der Waals surface area contributed by atoms with Gasteiger partial charge in [-0.05, 0) is 45.2 Å². The summed E-state index contributed by atoms with van der Waals surface area (Å²) < 4.78 is 0. The average Bonchev–Trinajstić information content (AvgIpc) is 3.10. The van der Waals surface area contributed by atoms with Gasteiger partial charge in [0, 0.05) is 12.0 Å². The van der Waals surface area contributed by atoms with E-state index in [1.807, 2.05) is 0 Å². The molecule has 0 aliphatic heterocycles. The SMILES string of the molecule is CCCCCCCCCCCCCCCCCCCCN(CCCCCCCCCCCCCCCCCCCC)C(CC)CCC(=O)[O-].[K+]. The van der Waals surface area contributed by atoms with Crippen LogP contribution >= 0.6 is 0 Å². The van der Waals surface area contributed by atoms with Crippen molar-refractivity contribution in [1.29, 1.82) is 0 Å². The number of nitrogens with zero attached hydrogens (tertiary/aromatic N) is 1. The van der Waals surface area contributed by atoms with Crippen LogP contribution < -0.4 is 56.5 Å². The summed E-state index contributed by atoms with van der Waals surface area (Å²) in [6.45, 7) is 9.12. The molecule has 0 aliphatic rings. The van der Waals surface area contributed by atoms with E-state index in [4.69, 9.17) is 0 Å². The third-order valence-corrected chi connectivity index (χ3v) is 11.3. The molecule has 0 heterocycles. The summed E-state index contributed by atoms with van der Waals surface area (Å²) in [5, 5.41) is 11.2. The Morgan fingerprint density at radius 1 is 0.400 bits per heavy atom. The number of hydrogen-bond donors (Lipinski definition) is 0. The van der Waals surface area contributed by atoms with Crippen molar-refractivity contribution in [2.75, 3.05) is 13.1 Å². The van der Waals surface area contributed by atoms with E-state index in [-0.39, 0.29) is 57.8 Å². The van der Waals surface area contributed by atoms with Crippen LogP contribution in [0.25, 0.3) is 0 Å². The van der Waals surface area contributed by atoms with Crippen LogP contribution in [0.4, 0.5) is 0 Å². The van der Waals surface area contributed by atoms with Gasteiger partial charge < -0.3 is 14.8 Å². The van der Waals surface area contributed by atoms with E-state index < -0.39 is 5.97 Å². The van der Waals surface area contributed by atoms with Crippen LogP contribution in [-0.4, -0.2) is 30.0 Å². The number of carbonyl (C=O) groups excluding carboxylic acids is 1. The molecule has 0 aromatic carbocycles. The summed E-state index contributed by atoms with van der Waals surface area (Å²) in [5.74, 6) is -0.889. The number of hydrogen-bond acceptors (Lipinski definition) is 3. The molecule has 0 N–H and O–H groups in total. The Labute approximate surface area is 359 Å². The van der Waals surface area contributed by atoms with Crippen LogP contribution in [0.1, 0.15) is 271 Å². The van der Waals surface area contributed by atoms with E-state index in [1.54, 1.807) is 0 Å². The van der Waals surface area contributed by atoms with Gasteiger partial charge in [-0.2, -0.15) is 0 Å². The van der Waals surface area contributed by atoms with Crippen molar-refractivity contribution >= 4 is 5.97 Å². The summed E-state index contributed by atoms with van der Waals surface area (Å²) >= 11 is 0. The van der Waals surface area contributed by atoms with Crippen LogP contribution in [0.15, 0.2) is 0 Å². The van der Waals surface area contributed by atoms with Crippen molar-refractivity contribution in [3.63, 3.8) is 0 Å². The fraction of sp³-hybridized carbons (Fsp3) is 0.978. The second-order valence-corrected chi connectivity index (χ2v) is 16.0. The molecule has 0 bridgehead atoms. The molecule has 0 saturated heterocycles. The molecule has 1 unspecified atom stereocenters. The summed E-state index contributed by atoms with van der Waals surface area (Å²) in [7, 11) is 0. The van der Waals surface area contributed by atoms with Gasteiger partial charge in [0.05, 0.1) is 0 Å². The summed E-state index contributed by atoms with van der Waals surface area (Å²) in [5.41, 5.74) is 0. The Balaban J connectivity index is 0. The van der Waals surface area contributed by atoms with E-state index in [9.17, 15) is 9.90 Å². The number of carboxylic acid groups (broad SMARTS) is 1. The minimum atomic E-state index is -0.889. The van der Waals surface area contributed by atoms with Gasteiger partial charge >= 0.3 is 51.4 Å². The number of carboxylic acids is 1. The maximum Gasteiger partial charge on any atom is 1.00 e. The molecular formula is C46H92KNO2. The second kappa shape index (κ2) is 46.2. The molecule has 4 heteroatoms. The maximum absolute atomic E-state index is 11.2. The molecule has 0 fully saturated rings. The Hall–Kier alpha value is 1.07. The van der Waals surface area contributed by atoms with Gasteiger partial charge in [-0.15, -0.1) is 0 Å². The Morgan fingerprint density at radius 3 is 0.820 bits per heavy atom. The molecule has 1 atom stereocenters. The van der Waals surface area contributed by atoms with Crippen LogP contribution in [0.2, 0.25) is 0 Å². The minimum absolute atomic E-state index is 0. The van der Waals surface area contributed by atoms with Gasteiger partial charge in [-0.25, -0.2) is 0 Å². The van der Waals surface area contributed by atoms with E-state index in [0.29, 0.717) is 6.04 Å². The molecule has 0 rings (SSSR count). The summed E-state index contributed by atoms with van der Waals surface area (Å²) in [4.78, 5) is 13.8. The van der Waals surface area contributed by atoms with Gasteiger partial charge in [0.15, 0.2) is 0 Å². The average molecular weight is 730 g/mol. The van der Waals surface area contributed by atoms with E-state index in [2.05, 4.69) is 25.7 Å². The minimum Gasteiger partial charge on any atom is -0.550 e. The molecular weight excluding hydrogens is 638 g/mol. The molecule has 0 amide bonds. The Morgan fingerprint density at radius 2 is 0.620 bits per heavy atom. The zero-order chi connectivity index (χ0) is 35.7. The fourth-order valence-electron chi connectivity index (χ4n) is 7.84. The fourth-order valence-corrected chi connectivity index (χ4v) is 7.84. The Kier molecular flexibility index (Phi) is 49.2. The van der Waals surface area contributed by atoms with Gasteiger partial charge in [-0.1, -0.05) is 239 Å². The monoisotopic (exact) mass is 730 g/mol. The molecule has 50 heavy (non-hydrogen) atoms. The normalized spacial score (nSPS) is 12.1. The molecule has 294 valence electrons. The largest absolute Gasteiger partial charge is 1.00 e. The van der Waals surface area contributed by atoms with Crippen molar-refractivity contribution in [2.24, 2.45) is 0 Å². The molecule has 3 nitrogen and oxygen atoms in total. The van der Waals surface area contributed by atoms with Gasteiger partial charge in [0.1, 0.15) is 0 Å². The van der Waals surface area contributed by atoms with Crippen molar-refractivity contribution in [3.8, 4) is 0 Å². The smallest absolute Gasteiger partial charge is 0.550 e. The van der Waals surface area contributed by atoms with Crippen LogP contribution in [0, 0.1) is 0 Å². The van der Waals surface area contributed by atoms with Crippen LogP contribution in [0.5, 0.6) is 0 Å². The van der Waals surface area contributed by atoms with Crippen molar-refractivity contribution in [1.82, 2.24) is 4.90 Å². The second-order valence-electron chi connectivity index (χ2n) is 16.0. The zero-order valence-electron chi connectivity index (χ0n) is 35.3.